The first-order chi connectivity index (χ1) is 14.3. The molecule has 1 aromatic carbocycles. The number of guanidine groups is 1. The van der Waals surface area contributed by atoms with Gasteiger partial charge in [-0.25, -0.2) is 15.2 Å². The molecule has 1 saturated heterocycles. The molecule has 2 aromatic rings. The third-order valence-electron chi connectivity index (χ3n) is 5.36. The van der Waals surface area contributed by atoms with Gasteiger partial charge >= 0.3 is 6.03 Å². The zero-order chi connectivity index (χ0) is 21.6. The summed E-state index contributed by atoms with van der Waals surface area (Å²) in [6.07, 6.45) is 1.11. The number of nitrogens with zero attached hydrogens (tertiary/aromatic N) is 5. The summed E-state index contributed by atoms with van der Waals surface area (Å²) in [5.74, 6) is 0.0233. The second-order valence-electron chi connectivity index (χ2n) is 7.31. The van der Waals surface area contributed by atoms with Gasteiger partial charge in [0.15, 0.2) is 6.17 Å². The standard InChI is InChI=1S/C20H22ClN7O2/c1-11-9-13(12(2)28(11)15-7-5-14(21)6-8-15)10-22-25-19-23-16-17(24-19)26(3)20(30)27(4)18(16)29/h5-10,16-17H,1-4H3,(H2,23,24,25)/b22-10-/t16-,17-/m0/s1. The van der Waals surface area contributed by atoms with E-state index in [2.05, 4.69) is 25.4 Å². The van der Waals surface area contributed by atoms with Crippen LogP contribution >= 0.6 is 11.6 Å². The van der Waals surface area contributed by atoms with Gasteiger partial charge < -0.3 is 14.8 Å². The number of likely N-dealkylation sites (N-methyl/N-ethyl adjacent to an activating group) is 2. The number of hydrazone groups is 1. The summed E-state index contributed by atoms with van der Waals surface area (Å²) in [6, 6.07) is 8.67. The zero-order valence-corrected chi connectivity index (χ0v) is 17.8. The van der Waals surface area contributed by atoms with E-state index in [0.717, 1.165) is 27.5 Å². The predicted octanol–water partition coefficient (Wildman–Crippen LogP) is 1.85. The van der Waals surface area contributed by atoms with E-state index in [4.69, 9.17) is 11.6 Å². The minimum Gasteiger partial charge on any atom is -0.340 e. The predicted molar refractivity (Wildman–Crippen MR) is 115 cm³/mol. The number of rotatable bonds is 3. The summed E-state index contributed by atoms with van der Waals surface area (Å²) in [4.78, 5) is 31.3. The van der Waals surface area contributed by atoms with Crippen LogP contribution in [0.3, 0.4) is 0 Å². The van der Waals surface area contributed by atoms with Crippen LogP contribution in [-0.2, 0) is 4.79 Å². The molecular formula is C20H22ClN7O2. The summed E-state index contributed by atoms with van der Waals surface area (Å²) in [7, 11) is 3.07. The minimum absolute atomic E-state index is 0.320. The van der Waals surface area contributed by atoms with Crippen molar-refractivity contribution in [3.8, 4) is 5.69 Å². The summed E-state index contributed by atoms with van der Waals surface area (Å²) in [5.41, 5.74) is 6.88. The van der Waals surface area contributed by atoms with Crippen molar-refractivity contribution in [1.82, 2.24) is 25.1 Å². The first-order valence-corrected chi connectivity index (χ1v) is 9.78. The molecule has 1 fully saturated rings. The van der Waals surface area contributed by atoms with Crippen molar-refractivity contribution in [3.05, 3.63) is 52.3 Å². The van der Waals surface area contributed by atoms with Gasteiger partial charge in [-0.05, 0) is 44.2 Å². The number of halogens is 1. The summed E-state index contributed by atoms with van der Waals surface area (Å²) in [5, 5.41) is 7.95. The SMILES string of the molecule is Cc1cc(/C=N\NC2=N[C@@H]3[C@H](N2)C(=O)N(C)C(=O)N3C)c(C)n1-c1ccc(Cl)cc1. The number of aryl methyl sites for hydroxylation is 1. The molecule has 0 radical (unpaired) electrons. The molecule has 30 heavy (non-hydrogen) atoms. The van der Waals surface area contributed by atoms with Crippen molar-refractivity contribution in [2.24, 2.45) is 10.1 Å². The highest BCUT2D eigenvalue weighted by Crippen LogP contribution is 2.22. The number of aromatic nitrogens is 1. The van der Waals surface area contributed by atoms with Crippen molar-refractivity contribution >= 4 is 35.7 Å². The van der Waals surface area contributed by atoms with Gasteiger partial charge in [0.25, 0.3) is 5.91 Å². The van der Waals surface area contributed by atoms with Gasteiger partial charge in [-0.15, -0.1) is 0 Å². The van der Waals surface area contributed by atoms with Crippen molar-refractivity contribution in [2.75, 3.05) is 14.1 Å². The fraction of sp³-hybridized carbons (Fsp3) is 0.300. The lowest BCUT2D eigenvalue weighted by Gasteiger charge is -2.36. The van der Waals surface area contributed by atoms with Crippen molar-refractivity contribution < 1.29 is 9.59 Å². The number of carbonyl (C=O) groups excluding carboxylic acids is 2. The van der Waals surface area contributed by atoms with Gasteiger partial charge in [-0.1, -0.05) is 11.6 Å². The van der Waals surface area contributed by atoms with Crippen molar-refractivity contribution in [3.63, 3.8) is 0 Å². The van der Waals surface area contributed by atoms with Crippen LogP contribution in [0, 0.1) is 13.8 Å². The molecule has 0 aliphatic carbocycles. The second kappa shape index (κ2) is 7.49. The average Bonchev–Trinajstić information content (AvgIpc) is 3.27. The monoisotopic (exact) mass is 427 g/mol. The Morgan fingerprint density at radius 1 is 1.20 bits per heavy atom. The molecule has 9 nitrogen and oxygen atoms in total. The minimum atomic E-state index is -0.620. The number of nitrogens with one attached hydrogen (secondary N) is 2. The molecule has 156 valence electrons. The number of carbonyl (C=O) groups is 2. The lowest BCUT2D eigenvalue weighted by Crippen LogP contribution is -2.63. The van der Waals surface area contributed by atoms with Crippen LogP contribution in [0.2, 0.25) is 5.02 Å². The maximum atomic E-state index is 12.3. The maximum Gasteiger partial charge on any atom is 0.328 e. The lowest BCUT2D eigenvalue weighted by atomic mass is 10.1. The third kappa shape index (κ3) is 3.30. The normalized spacial score (nSPS) is 21.2. The quantitative estimate of drug-likeness (QED) is 0.577. The van der Waals surface area contributed by atoms with Crippen LogP contribution in [-0.4, -0.2) is 64.8 Å². The van der Waals surface area contributed by atoms with E-state index >= 15 is 0 Å². The van der Waals surface area contributed by atoms with E-state index in [1.165, 1.54) is 11.9 Å². The summed E-state index contributed by atoms with van der Waals surface area (Å²) < 4.78 is 2.12. The van der Waals surface area contributed by atoms with Crippen molar-refractivity contribution in [1.29, 1.82) is 0 Å². The highest BCUT2D eigenvalue weighted by atomic mass is 35.5. The van der Waals surface area contributed by atoms with E-state index in [-0.39, 0.29) is 11.9 Å². The van der Waals surface area contributed by atoms with Gasteiger partial charge in [0.1, 0.15) is 6.04 Å². The van der Waals surface area contributed by atoms with E-state index in [0.29, 0.717) is 11.0 Å². The highest BCUT2D eigenvalue weighted by Gasteiger charge is 2.46. The molecule has 4 rings (SSSR count). The van der Waals surface area contributed by atoms with E-state index in [1.807, 2.05) is 44.2 Å². The highest BCUT2D eigenvalue weighted by molar-refractivity contribution is 6.30. The topological polar surface area (TPSA) is 94.3 Å². The van der Waals surface area contributed by atoms with Gasteiger partial charge in [-0.3, -0.25) is 9.69 Å². The first kappa shape index (κ1) is 20.0. The number of fused-ring (bicyclic) bond motifs is 1. The molecule has 0 bridgehead atoms. The number of imide groups is 1. The van der Waals surface area contributed by atoms with E-state index < -0.39 is 12.2 Å². The van der Waals surface area contributed by atoms with Gasteiger partial charge in [0, 0.05) is 41.8 Å². The van der Waals surface area contributed by atoms with Crippen LogP contribution in [0.15, 0.2) is 40.4 Å². The maximum absolute atomic E-state index is 12.3. The Morgan fingerprint density at radius 3 is 2.60 bits per heavy atom. The molecule has 2 aliphatic rings. The number of benzene rings is 1. The Balaban J connectivity index is 1.50. The van der Waals surface area contributed by atoms with Gasteiger partial charge in [0.2, 0.25) is 5.96 Å². The third-order valence-corrected chi connectivity index (χ3v) is 5.62. The van der Waals surface area contributed by atoms with E-state index in [1.54, 1.807) is 13.3 Å². The Labute approximate surface area is 179 Å². The van der Waals surface area contributed by atoms with Crippen LogP contribution < -0.4 is 10.7 Å². The molecule has 2 aliphatic heterocycles. The fourth-order valence-corrected chi connectivity index (χ4v) is 3.87. The van der Waals surface area contributed by atoms with E-state index in [9.17, 15) is 9.59 Å². The number of aliphatic imine (C=N–C) groups is 1. The molecule has 0 saturated carbocycles. The Hall–Kier alpha value is -3.33. The lowest BCUT2D eigenvalue weighted by molar-refractivity contribution is -0.133. The van der Waals surface area contributed by atoms with Crippen LogP contribution in [0.4, 0.5) is 4.79 Å². The molecule has 2 atom stereocenters. The molecular weight excluding hydrogens is 406 g/mol. The average molecular weight is 428 g/mol. The van der Waals surface area contributed by atoms with Crippen molar-refractivity contribution in [2.45, 2.75) is 26.1 Å². The zero-order valence-electron chi connectivity index (χ0n) is 17.0. The number of amides is 3. The second-order valence-corrected chi connectivity index (χ2v) is 7.75. The molecule has 1 aromatic heterocycles. The molecule has 3 heterocycles. The Bertz CT molecular complexity index is 1070. The number of hydrogen-bond donors (Lipinski definition) is 2. The van der Waals surface area contributed by atoms with Crippen LogP contribution in [0.5, 0.6) is 0 Å². The number of urea groups is 1. The first-order valence-electron chi connectivity index (χ1n) is 9.40. The molecule has 2 N–H and O–H groups in total. The number of hydrogen-bond acceptors (Lipinski definition) is 6. The van der Waals surface area contributed by atoms with Crippen LogP contribution in [0.25, 0.3) is 5.69 Å². The summed E-state index contributed by atoms with van der Waals surface area (Å²) in [6.45, 7) is 4.03. The Morgan fingerprint density at radius 2 is 1.90 bits per heavy atom. The Kier molecular flexibility index (Phi) is 4.98. The molecule has 3 amide bonds. The van der Waals surface area contributed by atoms with Gasteiger partial charge in [0.05, 0.1) is 6.21 Å². The fourth-order valence-electron chi connectivity index (χ4n) is 3.75. The molecule has 0 spiro atoms. The largest absolute Gasteiger partial charge is 0.340 e. The smallest absolute Gasteiger partial charge is 0.328 e. The van der Waals surface area contributed by atoms with Gasteiger partial charge in [-0.2, -0.15) is 5.10 Å². The van der Waals surface area contributed by atoms with Crippen LogP contribution in [0.1, 0.15) is 17.0 Å². The molecule has 10 heteroatoms. The molecule has 0 unspecified atom stereocenters. The summed E-state index contributed by atoms with van der Waals surface area (Å²) >= 11 is 5.99.